The molecule has 2 fully saturated rings. The van der Waals surface area contributed by atoms with E-state index < -0.39 is 0 Å². The average molecular weight is 477 g/mol. The normalized spacial score (nSPS) is 17.2. The highest BCUT2D eigenvalue weighted by atomic mass is 33.1. The van der Waals surface area contributed by atoms with Gasteiger partial charge in [0.25, 0.3) is 0 Å². The molecule has 158 valence electrons. The summed E-state index contributed by atoms with van der Waals surface area (Å²) >= 11 is 11.3. The van der Waals surface area contributed by atoms with Crippen molar-refractivity contribution in [2.75, 3.05) is 62.2 Å². The van der Waals surface area contributed by atoms with Crippen LogP contribution in [0.1, 0.15) is 0 Å². The summed E-state index contributed by atoms with van der Waals surface area (Å²) in [5.74, 6) is 2.08. The first-order valence-corrected chi connectivity index (χ1v) is 12.9. The summed E-state index contributed by atoms with van der Waals surface area (Å²) < 4.78 is 1.82. The van der Waals surface area contributed by atoms with Gasteiger partial charge in [-0.25, -0.2) is 9.97 Å². The lowest BCUT2D eigenvalue weighted by Crippen LogP contribution is -2.48. The summed E-state index contributed by atoms with van der Waals surface area (Å²) in [5, 5.41) is 0. The SMILES string of the molecule is S=C(SSC(=S)N1CCN(c2ccccn2)CC1)N1CCN(c2ccccn2)CC1. The van der Waals surface area contributed by atoms with Crippen LogP contribution in [-0.4, -0.2) is 80.8 Å². The van der Waals surface area contributed by atoms with E-state index in [9.17, 15) is 0 Å². The van der Waals surface area contributed by atoms with Crippen molar-refractivity contribution >= 4 is 66.3 Å². The fraction of sp³-hybridized carbons (Fsp3) is 0.400. The number of pyridine rings is 2. The Labute approximate surface area is 196 Å². The molecule has 0 N–H and O–H groups in total. The minimum atomic E-state index is 0.912. The van der Waals surface area contributed by atoms with Crippen molar-refractivity contribution < 1.29 is 0 Å². The Balaban J connectivity index is 1.18. The zero-order chi connectivity index (χ0) is 20.8. The van der Waals surface area contributed by atoms with Gasteiger partial charge in [-0.05, 0) is 45.9 Å². The molecule has 10 heteroatoms. The minimum absolute atomic E-state index is 0.912. The lowest BCUT2D eigenvalue weighted by Gasteiger charge is -2.37. The van der Waals surface area contributed by atoms with E-state index in [4.69, 9.17) is 24.4 Å². The van der Waals surface area contributed by atoms with Gasteiger partial charge in [-0.1, -0.05) is 36.6 Å². The van der Waals surface area contributed by atoms with Crippen molar-refractivity contribution in [3.63, 3.8) is 0 Å². The van der Waals surface area contributed by atoms with Crippen LogP contribution in [0.5, 0.6) is 0 Å². The molecule has 0 radical (unpaired) electrons. The van der Waals surface area contributed by atoms with Crippen LogP contribution >= 0.6 is 46.0 Å². The number of hydrogen-bond acceptors (Lipinski definition) is 8. The van der Waals surface area contributed by atoms with E-state index in [1.807, 2.05) is 36.7 Å². The highest BCUT2D eigenvalue weighted by Crippen LogP contribution is 2.30. The Morgan fingerprint density at radius 3 is 1.37 bits per heavy atom. The Kier molecular flexibility index (Phi) is 7.64. The van der Waals surface area contributed by atoms with Gasteiger partial charge in [0, 0.05) is 64.8 Å². The highest BCUT2D eigenvalue weighted by Gasteiger charge is 2.23. The molecule has 0 bridgehead atoms. The molecule has 0 aromatic carbocycles. The quantitative estimate of drug-likeness (QED) is 0.476. The van der Waals surface area contributed by atoms with Crippen molar-refractivity contribution in [1.82, 2.24) is 19.8 Å². The first-order chi connectivity index (χ1) is 14.7. The van der Waals surface area contributed by atoms with Gasteiger partial charge in [-0.15, -0.1) is 0 Å². The fourth-order valence-corrected chi connectivity index (χ4v) is 6.25. The van der Waals surface area contributed by atoms with Gasteiger partial charge in [0.05, 0.1) is 0 Å². The third-order valence-corrected chi connectivity index (χ3v) is 8.94. The molecule has 6 nitrogen and oxygen atoms in total. The van der Waals surface area contributed by atoms with Gasteiger partial charge in [0.1, 0.15) is 20.3 Å². The molecule has 0 aliphatic carbocycles. The van der Waals surface area contributed by atoms with Crippen molar-refractivity contribution in [3.05, 3.63) is 48.8 Å². The maximum atomic E-state index is 5.67. The summed E-state index contributed by atoms with van der Waals surface area (Å²) in [6.07, 6.45) is 3.69. The Bertz CT molecular complexity index is 765. The Hall–Kier alpha value is -1.62. The molecular formula is C20H24N6S4. The van der Waals surface area contributed by atoms with E-state index in [2.05, 4.69) is 41.7 Å². The topological polar surface area (TPSA) is 38.7 Å². The molecule has 2 saturated heterocycles. The molecule has 2 aromatic heterocycles. The molecule has 0 saturated carbocycles. The van der Waals surface area contributed by atoms with Crippen molar-refractivity contribution in [3.8, 4) is 0 Å². The number of aromatic nitrogens is 2. The molecule has 2 aliphatic rings. The average Bonchev–Trinajstić information content (AvgIpc) is 2.83. The Morgan fingerprint density at radius 2 is 1.03 bits per heavy atom. The lowest BCUT2D eigenvalue weighted by molar-refractivity contribution is 0.396. The van der Waals surface area contributed by atoms with Gasteiger partial charge < -0.3 is 19.6 Å². The third kappa shape index (κ3) is 5.54. The number of rotatable bonds is 2. The molecule has 2 aliphatic heterocycles. The maximum Gasteiger partial charge on any atom is 0.147 e. The molecular weight excluding hydrogens is 453 g/mol. The van der Waals surface area contributed by atoms with Gasteiger partial charge in [-0.2, -0.15) is 0 Å². The van der Waals surface area contributed by atoms with E-state index in [1.54, 1.807) is 21.6 Å². The first-order valence-electron chi connectivity index (χ1n) is 9.95. The summed E-state index contributed by atoms with van der Waals surface area (Å²) in [6.45, 7) is 7.39. The lowest BCUT2D eigenvalue weighted by atomic mass is 10.3. The predicted octanol–water partition coefficient (Wildman–Crippen LogP) is 3.37. The molecule has 0 amide bonds. The van der Waals surface area contributed by atoms with Gasteiger partial charge in [-0.3, -0.25) is 0 Å². The molecule has 2 aromatic rings. The van der Waals surface area contributed by atoms with Crippen LogP contribution < -0.4 is 9.80 Å². The predicted molar refractivity (Wildman–Crippen MR) is 136 cm³/mol. The summed E-state index contributed by atoms with van der Waals surface area (Å²) in [7, 11) is 3.22. The molecule has 30 heavy (non-hydrogen) atoms. The fourth-order valence-electron chi connectivity index (χ4n) is 3.49. The largest absolute Gasteiger partial charge is 0.353 e. The number of anilines is 2. The van der Waals surface area contributed by atoms with E-state index in [0.29, 0.717) is 0 Å². The molecule has 0 spiro atoms. The highest BCUT2D eigenvalue weighted by molar-refractivity contribution is 8.89. The van der Waals surface area contributed by atoms with Gasteiger partial charge in [0.2, 0.25) is 0 Å². The minimum Gasteiger partial charge on any atom is -0.353 e. The van der Waals surface area contributed by atoms with E-state index in [0.717, 1.165) is 72.6 Å². The zero-order valence-electron chi connectivity index (χ0n) is 16.6. The van der Waals surface area contributed by atoms with Crippen LogP contribution in [0.4, 0.5) is 11.6 Å². The maximum absolute atomic E-state index is 5.67. The number of piperazine rings is 2. The second-order valence-electron chi connectivity index (χ2n) is 7.02. The van der Waals surface area contributed by atoms with E-state index in [-0.39, 0.29) is 0 Å². The zero-order valence-corrected chi connectivity index (χ0v) is 19.9. The third-order valence-electron chi connectivity index (χ3n) is 5.21. The number of hydrogen-bond donors (Lipinski definition) is 0. The van der Waals surface area contributed by atoms with Crippen LogP contribution in [0, 0.1) is 0 Å². The molecule has 0 unspecified atom stereocenters. The van der Waals surface area contributed by atoms with E-state index in [1.165, 1.54) is 0 Å². The van der Waals surface area contributed by atoms with Crippen LogP contribution in [0.3, 0.4) is 0 Å². The van der Waals surface area contributed by atoms with Crippen LogP contribution in [0.2, 0.25) is 0 Å². The van der Waals surface area contributed by atoms with E-state index >= 15 is 0 Å². The number of nitrogens with zero attached hydrogens (tertiary/aromatic N) is 6. The van der Waals surface area contributed by atoms with Crippen molar-refractivity contribution in [2.45, 2.75) is 0 Å². The van der Waals surface area contributed by atoms with Crippen LogP contribution in [0.15, 0.2) is 48.8 Å². The summed E-state index contributed by atoms with van der Waals surface area (Å²) in [5.41, 5.74) is 0. The van der Waals surface area contributed by atoms with Crippen LogP contribution in [-0.2, 0) is 0 Å². The smallest absolute Gasteiger partial charge is 0.147 e. The second-order valence-corrected chi connectivity index (χ2v) is 10.4. The van der Waals surface area contributed by atoms with Gasteiger partial charge in [0.15, 0.2) is 0 Å². The summed E-state index contributed by atoms with van der Waals surface area (Å²) in [6, 6.07) is 12.1. The van der Waals surface area contributed by atoms with Crippen LogP contribution in [0.25, 0.3) is 0 Å². The first kappa shape index (κ1) is 21.6. The van der Waals surface area contributed by atoms with Crippen molar-refractivity contribution in [2.24, 2.45) is 0 Å². The standard InChI is InChI=1S/C20H24N6S4/c27-19(25-13-9-23(10-14-25)17-5-1-3-7-21-17)29-30-20(28)26-15-11-24(12-16-26)18-6-2-4-8-22-18/h1-8H,9-16H2. The molecule has 4 heterocycles. The van der Waals surface area contributed by atoms with Crippen molar-refractivity contribution in [1.29, 1.82) is 0 Å². The molecule has 4 rings (SSSR count). The molecule has 0 atom stereocenters. The Morgan fingerprint density at radius 1 is 0.633 bits per heavy atom. The number of thiocarbonyl (C=S) groups is 2. The summed E-state index contributed by atoms with van der Waals surface area (Å²) in [4.78, 5) is 18.0. The second kappa shape index (κ2) is 10.6. The van der Waals surface area contributed by atoms with Gasteiger partial charge >= 0.3 is 0 Å². The monoisotopic (exact) mass is 476 g/mol.